The second-order valence-electron chi connectivity index (χ2n) is 15.1. The number of amides is 2. The molecule has 5 rings (SSSR count). The molecule has 3 aromatic carbocycles. The second kappa shape index (κ2) is 19.7. The van der Waals surface area contributed by atoms with Crippen molar-refractivity contribution >= 4 is 48.8 Å². The van der Waals surface area contributed by atoms with Gasteiger partial charge in [-0.25, -0.2) is 17.4 Å². The lowest BCUT2D eigenvalue weighted by atomic mass is 9.69. The number of fused-ring (bicyclic) bond motifs is 1. The Morgan fingerprint density at radius 1 is 0.983 bits per heavy atom. The number of carbonyl (C=O) groups excluding carboxylic acids is 1. The van der Waals surface area contributed by atoms with Crippen molar-refractivity contribution in [1.29, 1.82) is 0 Å². The summed E-state index contributed by atoms with van der Waals surface area (Å²) in [6, 6.07) is 19.3. The fraction of sp³-hybridized carbons (Fsp3) is 0.513. The Bertz CT molecular complexity index is 2150. The predicted molar refractivity (Wildman–Crippen MR) is 223 cm³/mol. The Kier molecular flexibility index (Phi) is 15.7. The first-order chi connectivity index (χ1) is 28.2. The Hall–Kier alpha value is -3.42. The highest BCUT2D eigenvalue weighted by molar-refractivity contribution is 8.15. The standard InChI is InChI=1S/C39H55N3O15S3/c1-6-8-19-39(7-2)24-58(46,47)31-18-17-28(42(3)4)21-29(31)32(36(39)44)26-15-12-16-27(20-26)40-38(45)41-37-33(43)35(54-22-25-13-10-9-11-14-25)34(57-59(48,49)50)30(56-37)23-55-60(51,52)53-5/h9-18,20-21,30,32-37,43-44,51-52H,6-8,19,22-24H2,1-5H3,(H2,40,41,45)(H,48,49,50)/t30-,32-,33-,34-,35-,36-,37-,39-/m1/s1. The van der Waals surface area contributed by atoms with Gasteiger partial charge in [-0.1, -0.05) is 69.2 Å². The van der Waals surface area contributed by atoms with E-state index in [2.05, 4.69) is 14.8 Å². The maximum atomic E-state index is 14.1. The van der Waals surface area contributed by atoms with Crippen molar-refractivity contribution in [1.82, 2.24) is 5.32 Å². The molecule has 0 radical (unpaired) electrons. The normalized spacial score (nSPS) is 27.0. The molecule has 0 aromatic heterocycles. The van der Waals surface area contributed by atoms with Gasteiger partial charge < -0.3 is 35.2 Å². The molecule has 2 heterocycles. The number of nitrogens with zero attached hydrogens (tertiary/aromatic N) is 1. The van der Waals surface area contributed by atoms with Crippen LogP contribution in [0.3, 0.4) is 0 Å². The molecule has 2 aliphatic heterocycles. The zero-order valence-corrected chi connectivity index (χ0v) is 36.4. The third-order valence-corrected chi connectivity index (χ3v) is 14.2. The number of aliphatic hydroxyl groups excluding tert-OH is 2. The van der Waals surface area contributed by atoms with E-state index in [-0.39, 0.29) is 22.9 Å². The van der Waals surface area contributed by atoms with Crippen LogP contribution in [0.2, 0.25) is 0 Å². The van der Waals surface area contributed by atoms with E-state index in [0.717, 1.165) is 19.2 Å². The lowest BCUT2D eigenvalue weighted by Gasteiger charge is -2.44. The van der Waals surface area contributed by atoms with Gasteiger partial charge in [-0.2, -0.15) is 8.42 Å². The van der Waals surface area contributed by atoms with E-state index >= 15 is 0 Å². The highest BCUT2D eigenvalue weighted by Crippen LogP contribution is 2.49. The number of hydrogen-bond acceptors (Lipinski definition) is 15. The van der Waals surface area contributed by atoms with Crippen LogP contribution in [0, 0.1) is 5.41 Å². The number of ether oxygens (including phenoxy) is 2. The Balaban J connectivity index is 1.47. The summed E-state index contributed by atoms with van der Waals surface area (Å²) in [6.07, 6.45) is -7.44. The zero-order chi connectivity index (χ0) is 44.0. The molecular formula is C39H55N3O15S3. The Morgan fingerprint density at radius 2 is 1.70 bits per heavy atom. The van der Waals surface area contributed by atoms with Crippen LogP contribution < -0.4 is 15.5 Å². The molecule has 3 aromatic rings. The molecule has 0 saturated carbocycles. The average Bonchev–Trinajstić information content (AvgIpc) is 3.26. The van der Waals surface area contributed by atoms with Gasteiger partial charge in [0.05, 0.1) is 37.1 Å². The van der Waals surface area contributed by atoms with Crippen LogP contribution >= 0.6 is 11.2 Å². The molecule has 334 valence electrons. The van der Waals surface area contributed by atoms with Gasteiger partial charge in [-0.3, -0.25) is 22.0 Å². The summed E-state index contributed by atoms with van der Waals surface area (Å²) in [5, 5.41) is 29.0. The van der Waals surface area contributed by atoms with Gasteiger partial charge in [-0.15, -0.1) is 0 Å². The van der Waals surface area contributed by atoms with Crippen LogP contribution in [0.25, 0.3) is 0 Å². The number of unbranched alkanes of at least 4 members (excludes halogenated alkanes) is 1. The number of sulfone groups is 1. The molecule has 2 aliphatic rings. The van der Waals surface area contributed by atoms with Gasteiger partial charge in [0, 0.05) is 36.8 Å². The summed E-state index contributed by atoms with van der Waals surface area (Å²) in [5.74, 6) is -1.07. The van der Waals surface area contributed by atoms with Crippen molar-refractivity contribution in [3.8, 4) is 0 Å². The van der Waals surface area contributed by atoms with Gasteiger partial charge in [0.25, 0.3) is 0 Å². The lowest BCUT2D eigenvalue weighted by molar-refractivity contribution is -0.240. The number of hydrogen-bond donors (Lipinski definition) is 7. The fourth-order valence-electron chi connectivity index (χ4n) is 7.71. The molecule has 8 atom stereocenters. The first-order valence-electron chi connectivity index (χ1n) is 19.3. The van der Waals surface area contributed by atoms with E-state index in [1.807, 2.05) is 32.8 Å². The first-order valence-corrected chi connectivity index (χ1v) is 23.7. The average molecular weight is 902 g/mol. The SMILES string of the molecule is CCCC[C@]1(CC)CS(=O)(=O)c2ccc(N(C)C)cc2[C@@H](c2cccc(NC(=O)N[C@@H]3O[C@H](COS(O)(O)OC)[C@@H](OS(=O)(=O)O)[C@H](OCc4ccccc4)[C@H]3O)c2)[C@H]1O. The van der Waals surface area contributed by atoms with Gasteiger partial charge in [0.1, 0.15) is 24.4 Å². The summed E-state index contributed by atoms with van der Waals surface area (Å²) < 4.78 is 108. The lowest BCUT2D eigenvalue weighted by Crippen LogP contribution is -2.65. The molecule has 0 spiro atoms. The number of urea groups is 1. The minimum Gasteiger partial charge on any atom is -0.392 e. The summed E-state index contributed by atoms with van der Waals surface area (Å²) in [6.45, 7) is 2.84. The van der Waals surface area contributed by atoms with Gasteiger partial charge >= 0.3 is 16.4 Å². The van der Waals surface area contributed by atoms with Gasteiger partial charge in [-0.05, 0) is 59.9 Å². The molecular weight excluding hydrogens is 847 g/mol. The van der Waals surface area contributed by atoms with E-state index in [1.165, 1.54) is 0 Å². The second-order valence-corrected chi connectivity index (χ2v) is 19.5. The quantitative estimate of drug-likeness (QED) is 0.0894. The van der Waals surface area contributed by atoms with Crippen molar-refractivity contribution in [3.63, 3.8) is 0 Å². The summed E-state index contributed by atoms with van der Waals surface area (Å²) in [4.78, 5) is 15.6. The number of benzene rings is 3. The van der Waals surface area contributed by atoms with Crippen LogP contribution in [-0.2, 0) is 48.9 Å². The summed E-state index contributed by atoms with van der Waals surface area (Å²) >= 11 is -4.12. The van der Waals surface area contributed by atoms with E-state index in [4.69, 9.17) is 17.8 Å². The third-order valence-electron chi connectivity index (χ3n) is 10.9. The molecule has 2 amide bonds. The van der Waals surface area contributed by atoms with Crippen LogP contribution in [0.1, 0.15) is 62.1 Å². The highest BCUT2D eigenvalue weighted by atomic mass is 32.3. The molecule has 0 bridgehead atoms. The number of carbonyl (C=O) groups is 1. The number of nitrogens with one attached hydrogen (secondary N) is 2. The number of rotatable bonds is 17. The van der Waals surface area contributed by atoms with Crippen LogP contribution in [0.5, 0.6) is 0 Å². The maximum absolute atomic E-state index is 14.1. The van der Waals surface area contributed by atoms with Crippen LogP contribution in [0.4, 0.5) is 16.2 Å². The minimum absolute atomic E-state index is 0.120. The maximum Gasteiger partial charge on any atom is 0.397 e. The molecule has 21 heteroatoms. The van der Waals surface area contributed by atoms with Crippen molar-refractivity contribution < 1.29 is 67.5 Å². The number of anilines is 2. The van der Waals surface area contributed by atoms with Crippen LogP contribution in [0.15, 0.2) is 77.7 Å². The monoisotopic (exact) mass is 901 g/mol. The van der Waals surface area contributed by atoms with Gasteiger partial charge in [0.15, 0.2) is 16.1 Å². The number of aliphatic hydroxyl groups is 2. The Morgan fingerprint density at radius 3 is 2.33 bits per heavy atom. The van der Waals surface area contributed by atoms with E-state index in [9.17, 15) is 45.5 Å². The van der Waals surface area contributed by atoms with Crippen molar-refractivity contribution in [2.24, 2.45) is 5.41 Å². The largest absolute Gasteiger partial charge is 0.397 e. The molecule has 0 aliphatic carbocycles. The Labute approximate surface area is 352 Å². The topological polar surface area (TPSA) is 260 Å². The predicted octanol–water partition coefficient (Wildman–Crippen LogP) is 4.84. The molecule has 0 unspecified atom stereocenters. The molecule has 1 fully saturated rings. The minimum atomic E-state index is -5.23. The van der Waals surface area contributed by atoms with Crippen molar-refractivity contribution in [2.75, 3.05) is 43.8 Å². The van der Waals surface area contributed by atoms with E-state index < -0.39 is 92.1 Å². The van der Waals surface area contributed by atoms with Crippen LogP contribution in [-0.4, -0.2) is 117 Å². The highest BCUT2D eigenvalue weighted by Gasteiger charge is 2.51. The first kappa shape index (κ1) is 47.6. The van der Waals surface area contributed by atoms with E-state index in [1.54, 1.807) is 72.8 Å². The molecule has 7 N–H and O–H groups in total. The van der Waals surface area contributed by atoms with E-state index in [0.29, 0.717) is 36.0 Å². The van der Waals surface area contributed by atoms with Crippen molar-refractivity contribution in [3.05, 3.63) is 89.5 Å². The molecule has 18 nitrogen and oxygen atoms in total. The third kappa shape index (κ3) is 11.5. The molecule has 1 saturated heterocycles. The van der Waals surface area contributed by atoms with Crippen molar-refractivity contribution in [2.45, 2.75) is 93.7 Å². The fourth-order valence-corrected chi connectivity index (χ4v) is 10.9. The smallest absolute Gasteiger partial charge is 0.392 e. The zero-order valence-electron chi connectivity index (χ0n) is 33.9. The molecule has 60 heavy (non-hydrogen) atoms. The summed E-state index contributed by atoms with van der Waals surface area (Å²) in [7, 11) is -4.50. The van der Waals surface area contributed by atoms with Gasteiger partial charge in [0.2, 0.25) is 11.2 Å². The summed E-state index contributed by atoms with van der Waals surface area (Å²) in [5.41, 5.74) is 1.50.